The number of unbranched alkanes of at least 4 members (excludes halogenated alkanes) is 2. The Morgan fingerprint density at radius 2 is 2.12 bits per heavy atom. The summed E-state index contributed by atoms with van der Waals surface area (Å²) in [5.41, 5.74) is 0. The predicted octanol–water partition coefficient (Wildman–Crippen LogP) is 3.48. The average molecular weight is 221 g/mol. The fourth-order valence-corrected chi connectivity index (χ4v) is 1.81. The maximum Gasteiger partial charge on any atom is 0.0987 e. The zero-order chi connectivity index (χ0) is 11.8. The maximum absolute atomic E-state index is 5.70. The molecule has 90 valence electrons. The largest absolute Gasteiger partial charge is 0.291 e. The minimum atomic E-state index is 0.198. The van der Waals surface area contributed by atoms with Gasteiger partial charge in [-0.15, -0.1) is 13.2 Å². The molecule has 1 saturated heterocycles. The van der Waals surface area contributed by atoms with E-state index >= 15 is 0 Å². The number of rotatable bonds is 7. The molecule has 0 aromatic heterocycles. The molecule has 0 aromatic rings. The van der Waals surface area contributed by atoms with Crippen molar-refractivity contribution in [1.29, 1.82) is 0 Å². The number of nitrogens with zero attached hydrogens (tertiary/aromatic N) is 1. The van der Waals surface area contributed by atoms with Crippen molar-refractivity contribution in [3.05, 3.63) is 37.5 Å². The minimum absolute atomic E-state index is 0.198. The number of hydroxylamine groups is 2. The Kier molecular flexibility index (Phi) is 6.12. The lowest BCUT2D eigenvalue weighted by Crippen LogP contribution is -2.25. The highest BCUT2D eigenvalue weighted by Gasteiger charge is 2.27. The van der Waals surface area contributed by atoms with Gasteiger partial charge in [0.15, 0.2) is 0 Å². The third kappa shape index (κ3) is 4.33. The van der Waals surface area contributed by atoms with Crippen LogP contribution in [0.4, 0.5) is 0 Å². The highest BCUT2D eigenvalue weighted by Crippen LogP contribution is 2.20. The SMILES string of the molecule is C=CCCC/C=C/CN1OC(C=C)CC1C. The first-order chi connectivity index (χ1) is 7.77. The molecule has 2 unspecified atom stereocenters. The van der Waals surface area contributed by atoms with Gasteiger partial charge in [-0.1, -0.05) is 24.3 Å². The molecular formula is C14H23NO. The van der Waals surface area contributed by atoms with Gasteiger partial charge < -0.3 is 0 Å². The predicted molar refractivity (Wildman–Crippen MR) is 69.0 cm³/mol. The van der Waals surface area contributed by atoms with Gasteiger partial charge in [-0.2, -0.15) is 5.06 Å². The van der Waals surface area contributed by atoms with Crippen LogP contribution >= 0.6 is 0 Å². The van der Waals surface area contributed by atoms with Crippen molar-refractivity contribution >= 4 is 0 Å². The normalized spacial score (nSPS) is 26.3. The monoisotopic (exact) mass is 221 g/mol. The summed E-state index contributed by atoms with van der Waals surface area (Å²) in [5.74, 6) is 0. The van der Waals surface area contributed by atoms with E-state index in [4.69, 9.17) is 4.84 Å². The van der Waals surface area contributed by atoms with E-state index in [0.29, 0.717) is 6.04 Å². The molecule has 16 heavy (non-hydrogen) atoms. The molecule has 1 rings (SSSR count). The van der Waals surface area contributed by atoms with Gasteiger partial charge in [-0.25, -0.2) is 0 Å². The van der Waals surface area contributed by atoms with Crippen molar-refractivity contribution < 1.29 is 4.84 Å². The first kappa shape index (κ1) is 13.2. The summed E-state index contributed by atoms with van der Waals surface area (Å²) in [6.07, 6.45) is 12.9. The Labute approximate surface area is 99.2 Å². The quantitative estimate of drug-likeness (QED) is 0.482. The van der Waals surface area contributed by atoms with Crippen LogP contribution < -0.4 is 0 Å². The van der Waals surface area contributed by atoms with Gasteiger partial charge in [0.05, 0.1) is 6.10 Å². The maximum atomic E-state index is 5.70. The lowest BCUT2D eigenvalue weighted by molar-refractivity contribution is -0.139. The molecule has 0 aromatic carbocycles. The van der Waals surface area contributed by atoms with E-state index in [1.54, 1.807) is 0 Å². The third-order valence-corrected chi connectivity index (χ3v) is 2.83. The summed E-state index contributed by atoms with van der Waals surface area (Å²) in [7, 11) is 0. The van der Waals surface area contributed by atoms with Gasteiger partial charge in [-0.3, -0.25) is 4.84 Å². The van der Waals surface area contributed by atoms with E-state index in [1.807, 2.05) is 17.2 Å². The van der Waals surface area contributed by atoms with Crippen molar-refractivity contribution in [2.75, 3.05) is 6.54 Å². The average Bonchev–Trinajstić information content (AvgIpc) is 2.65. The van der Waals surface area contributed by atoms with Crippen LogP contribution in [-0.2, 0) is 4.84 Å². The Balaban J connectivity index is 2.17. The first-order valence-electron chi connectivity index (χ1n) is 6.09. The molecule has 0 amide bonds. The van der Waals surface area contributed by atoms with Crippen molar-refractivity contribution in [3.63, 3.8) is 0 Å². The fourth-order valence-electron chi connectivity index (χ4n) is 1.81. The van der Waals surface area contributed by atoms with Gasteiger partial charge in [0, 0.05) is 12.6 Å². The van der Waals surface area contributed by atoms with Gasteiger partial charge in [0.2, 0.25) is 0 Å². The minimum Gasteiger partial charge on any atom is -0.291 e. The van der Waals surface area contributed by atoms with Gasteiger partial charge >= 0.3 is 0 Å². The van der Waals surface area contributed by atoms with E-state index < -0.39 is 0 Å². The first-order valence-corrected chi connectivity index (χ1v) is 6.09. The van der Waals surface area contributed by atoms with Crippen molar-refractivity contribution in [2.24, 2.45) is 0 Å². The lowest BCUT2D eigenvalue weighted by Gasteiger charge is -2.17. The second kappa shape index (κ2) is 7.42. The fraction of sp³-hybridized carbons (Fsp3) is 0.571. The van der Waals surface area contributed by atoms with E-state index in [9.17, 15) is 0 Å². The molecule has 2 heteroatoms. The number of hydrogen-bond donors (Lipinski definition) is 0. The Morgan fingerprint density at radius 3 is 2.75 bits per heavy atom. The van der Waals surface area contributed by atoms with Crippen LogP contribution in [0.3, 0.4) is 0 Å². The second-order valence-electron chi connectivity index (χ2n) is 4.25. The third-order valence-electron chi connectivity index (χ3n) is 2.83. The number of allylic oxidation sites excluding steroid dienone is 2. The lowest BCUT2D eigenvalue weighted by atomic mass is 10.1. The van der Waals surface area contributed by atoms with Crippen LogP contribution in [0.15, 0.2) is 37.5 Å². The van der Waals surface area contributed by atoms with Crippen LogP contribution in [0.1, 0.15) is 32.6 Å². The summed E-state index contributed by atoms with van der Waals surface area (Å²) in [6, 6.07) is 0.487. The summed E-state index contributed by atoms with van der Waals surface area (Å²) >= 11 is 0. The summed E-state index contributed by atoms with van der Waals surface area (Å²) in [6.45, 7) is 10.5. The second-order valence-corrected chi connectivity index (χ2v) is 4.25. The van der Waals surface area contributed by atoms with Crippen molar-refractivity contribution in [1.82, 2.24) is 5.06 Å². The molecule has 1 aliphatic rings. The van der Waals surface area contributed by atoms with Crippen LogP contribution in [0.5, 0.6) is 0 Å². The number of hydrogen-bond acceptors (Lipinski definition) is 2. The highest BCUT2D eigenvalue weighted by atomic mass is 16.7. The van der Waals surface area contributed by atoms with Crippen LogP contribution in [0.25, 0.3) is 0 Å². The molecule has 0 radical (unpaired) electrons. The molecule has 0 bridgehead atoms. The molecule has 0 N–H and O–H groups in total. The molecule has 0 saturated carbocycles. The van der Waals surface area contributed by atoms with E-state index in [2.05, 4.69) is 32.2 Å². The van der Waals surface area contributed by atoms with E-state index in [0.717, 1.165) is 25.8 Å². The molecule has 1 heterocycles. The topological polar surface area (TPSA) is 12.5 Å². The standard InChI is InChI=1S/C14H23NO/c1-4-6-7-8-9-10-11-15-13(3)12-14(5-2)16-15/h4-5,9-10,13-14H,1-2,6-8,11-12H2,3H3/b10-9+. The van der Waals surface area contributed by atoms with Gasteiger partial charge in [-0.05, 0) is 32.6 Å². The summed E-state index contributed by atoms with van der Waals surface area (Å²) in [5, 5.41) is 2.04. The van der Waals surface area contributed by atoms with Crippen molar-refractivity contribution in [3.8, 4) is 0 Å². The Hall–Kier alpha value is -0.860. The van der Waals surface area contributed by atoms with E-state index in [-0.39, 0.29) is 6.10 Å². The molecule has 0 aliphatic carbocycles. The Bertz CT molecular complexity index is 247. The molecule has 2 atom stereocenters. The zero-order valence-electron chi connectivity index (χ0n) is 10.3. The Morgan fingerprint density at radius 1 is 1.31 bits per heavy atom. The summed E-state index contributed by atoms with van der Waals surface area (Å²) in [4.78, 5) is 5.70. The zero-order valence-corrected chi connectivity index (χ0v) is 10.3. The smallest absolute Gasteiger partial charge is 0.0987 e. The van der Waals surface area contributed by atoms with Crippen LogP contribution in [0.2, 0.25) is 0 Å². The van der Waals surface area contributed by atoms with E-state index in [1.165, 1.54) is 6.42 Å². The molecule has 1 fully saturated rings. The molecule has 1 aliphatic heterocycles. The molecular weight excluding hydrogens is 198 g/mol. The van der Waals surface area contributed by atoms with Crippen LogP contribution in [0, 0.1) is 0 Å². The van der Waals surface area contributed by atoms with Gasteiger partial charge in [0.1, 0.15) is 0 Å². The molecule has 2 nitrogen and oxygen atoms in total. The van der Waals surface area contributed by atoms with Crippen LogP contribution in [-0.4, -0.2) is 23.8 Å². The summed E-state index contributed by atoms with van der Waals surface area (Å²) < 4.78 is 0. The molecule has 0 spiro atoms. The van der Waals surface area contributed by atoms with Gasteiger partial charge in [0.25, 0.3) is 0 Å². The highest BCUT2D eigenvalue weighted by molar-refractivity contribution is 4.91. The van der Waals surface area contributed by atoms with Crippen molar-refractivity contribution in [2.45, 2.75) is 44.8 Å².